The first-order valence-electron chi connectivity index (χ1n) is 8.91. The van der Waals surface area contributed by atoms with E-state index in [0.29, 0.717) is 27.9 Å². The smallest absolute Gasteiger partial charge is 0.266 e. The molecule has 0 aliphatic heterocycles. The van der Waals surface area contributed by atoms with E-state index >= 15 is 0 Å². The summed E-state index contributed by atoms with van der Waals surface area (Å²) in [5, 5.41) is 14.0. The van der Waals surface area contributed by atoms with Gasteiger partial charge in [0, 0.05) is 17.1 Å². The van der Waals surface area contributed by atoms with Crippen LogP contribution < -0.4 is 5.32 Å². The number of rotatable bonds is 4. The largest absolute Gasteiger partial charge is 0.416 e. The molecule has 7 heteroatoms. The van der Waals surface area contributed by atoms with Gasteiger partial charge in [0.1, 0.15) is 4.88 Å². The van der Waals surface area contributed by atoms with Crippen LogP contribution in [0.5, 0.6) is 0 Å². The number of fused-ring (bicyclic) bond motifs is 1. The van der Waals surface area contributed by atoms with Gasteiger partial charge in [0.15, 0.2) is 0 Å². The Bertz CT molecular complexity index is 1310. The minimum absolute atomic E-state index is 0.243. The van der Waals surface area contributed by atoms with E-state index in [1.165, 1.54) is 11.3 Å². The zero-order valence-corrected chi connectivity index (χ0v) is 15.9. The van der Waals surface area contributed by atoms with Gasteiger partial charge in [-0.25, -0.2) is 0 Å². The second-order valence-corrected chi connectivity index (χ2v) is 7.19. The summed E-state index contributed by atoms with van der Waals surface area (Å²) < 4.78 is 5.82. The van der Waals surface area contributed by atoms with E-state index < -0.39 is 0 Å². The Balaban J connectivity index is 1.46. The molecule has 0 saturated heterocycles. The third kappa shape index (κ3) is 3.28. The van der Waals surface area contributed by atoms with Crippen molar-refractivity contribution in [3.8, 4) is 22.9 Å². The summed E-state index contributed by atoms with van der Waals surface area (Å²) in [5.41, 5.74) is 2.83. The molecule has 0 saturated carbocycles. The van der Waals surface area contributed by atoms with Crippen molar-refractivity contribution < 1.29 is 9.21 Å². The molecule has 0 spiro atoms. The van der Waals surface area contributed by atoms with Gasteiger partial charge < -0.3 is 9.73 Å². The predicted octanol–water partition coefficient (Wildman–Crippen LogP) is 5.27. The number of hydrogen-bond donors (Lipinski definition) is 1. The highest BCUT2D eigenvalue weighted by molar-refractivity contribution is 7.12. The quantitative estimate of drug-likeness (QED) is 0.446. The Morgan fingerprint density at radius 3 is 2.62 bits per heavy atom. The molecule has 3 heterocycles. The third-order valence-corrected chi connectivity index (χ3v) is 5.34. The fourth-order valence-corrected chi connectivity index (χ4v) is 3.85. The average molecular weight is 398 g/mol. The van der Waals surface area contributed by atoms with E-state index in [1.807, 2.05) is 72.1 Å². The van der Waals surface area contributed by atoms with E-state index in [4.69, 9.17) is 4.42 Å². The first kappa shape index (κ1) is 17.3. The molecule has 140 valence electrons. The molecular weight excluding hydrogens is 384 g/mol. The highest BCUT2D eigenvalue weighted by atomic mass is 32.1. The number of aromatic nitrogens is 3. The summed E-state index contributed by atoms with van der Waals surface area (Å²) in [7, 11) is 0. The van der Waals surface area contributed by atoms with E-state index in [2.05, 4.69) is 20.5 Å². The first-order chi connectivity index (χ1) is 14.3. The SMILES string of the molecule is O=C(Nc1cccc2cccnc12)c1sccc1-c1nnc(-c2ccccc2)o1. The average Bonchev–Trinajstić information content (AvgIpc) is 3.44. The highest BCUT2D eigenvalue weighted by Crippen LogP contribution is 2.31. The van der Waals surface area contributed by atoms with Crippen LogP contribution in [0.2, 0.25) is 0 Å². The fraction of sp³-hybridized carbons (Fsp3) is 0. The van der Waals surface area contributed by atoms with Crippen molar-refractivity contribution in [2.24, 2.45) is 0 Å². The van der Waals surface area contributed by atoms with Gasteiger partial charge in [-0.3, -0.25) is 9.78 Å². The van der Waals surface area contributed by atoms with Crippen molar-refractivity contribution in [1.82, 2.24) is 15.2 Å². The molecule has 0 radical (unpaired) electrons. The molecule has 0 fully saturated rings. The number of anilines is 1. The monoisotopic (exact) mass is 398 g/mol. The molecular formula is C22H14N4O2S. The van der Waals surface area contributed by atoms with E-state index in [0.717, 1.165) is 16.5 Å². The number of carbonyl (C=O) groups excluding carboxylic acids is 1. The second kappa shape index (κ2) is 7.29. The van der Waals surface area contributed by atoms with Crippen molar-refractivity contribution >= 4 is 33.8 Å². The second-order valence-electron chi connectivity index (χ2n) is 6.28. The van der Waals surface area contributed by atoms with Crippen molar-refractivity contribution in [2.45, 2.75) is 0 Å². The van der Waals surface area contributed by atoms with Crippen LogP contribution in [0.25, 0.3) is 33.8 Å². The zero-order valence-electron chi connectivity index (χ0n) is 15.1. The standard InChI is InChI=1S/C22H14N4O2S/c27-20(24-17-10-4-8-14-9-5-12-23-18(14)17)19-16(11-13-29-19)22-26-25-21(28-22)15-6-2-1-3-7-15/h1-13H,(H,24,27). The number of hydrogen-bond acceptors (Lipinski definition) is 6. The normalized spacial score (nSPS) is 10.9. The number of para-hydroxylation sites is 1. The number of amides is 1. The molecule has 1 N–H and O–H groups in total. The molecule has 5 rings (SSSR count). The molecule has 6 nitrogen and oxygen atoms in total. The van der Waals surface area contributed by atoms with Gasteiger partial charge in [-0.05, 0) is 35.7 Å². The molecule has 0 aliphatic carbocycles. The first-order valence-corrected chi connectivity index (χ1v) is 9.79. The lowest BCUT2D eigenvalue weighted by Crippen LogP contribution is -2.11. The summed E-state index contributed by atoms with van der Waals surface area (Å²) in [5.74, 6) is 0.482. The summed E-state index contributed by atoms with van der Waals surface area (Å²) in [6.07, 6.45) is 1.71. The zero-order chi connectivity index (χ0) is 19.6. The topological polar surface area (TPSA) is 80.9 Å². The Hall–Kier alpha value is -3.84. The summed E-state index contributed by atoms with van der Waals surface area (Å²) >= 11 is 1.32. The van der Waals surface area contributed by atoms with E-state index in [-0.39, 0.29) is 5.91 Å². The van der Waals surface area contributed by atoms with Crippen LogP contribution in [-0.4, -0.2) is 21.1 Å². The van der Waals surface area contributed by atoms with Crippen LogP contribution in [0.4, 0.5) is 5.69 Å². The molecule has 1 amide bonds. The van der Waals surface area contributed by atoms with Gasteiger partial charge in [0.05, 0.1) is 16.8 Å². The van der Waals surface area contributed by atoms with E-state index in [9.17, 15) is 4.79 Å². The number of benzene rings is 2. The lowest BCUT2D eigenvalue weighted by atomic mass is 10.2. The van der Waals surface area contributed by atoms with Gasteiger partial charge in [-0.15, -0.1) is 21.5 Å². The Morgan fingerprint density at radius 2 is 1.72 bits per heavy atom. The van der Waals surface area contributed by atoms with Gasteiger partial charge in [-0.1, -0.05) is 36.4 Å². The van der Waals surface area contributed by atoms with Crippen LogP contribution in [0.1, 0.15) is 9.67 Å². The number of thiophene rings is 1. The van der Waals surface area contributed by atoms with Gasteiger partial charge in [0.25, 0.3) is 5.91 Å². The van der Waals surface area contributed by atoms with Gasteiger partial charge in [-0.2, -0.15) is 0 Å². The van der Waals surface area contributed by atoms with Crippen LogP contribution in [-0.2, 0) is 0 Å². The highest BCUT2D eigenvalue weighted by Gasteiger charge is 2.20. The molecule has 2 aromatic carbocycles. The number of carbonyl (C=O) groups is 1. The molecule has 0 atom stereocenters. The molecule has 0 aliphatic rings. The number of pyridine rings is 1. The maximum atomic E-state index is 13.0. The predicted molar refractivity (Wildman–Crippen MR) is 113 cm³/mol. The Morgan fingerprint density at radius 1 is 0.897 bits per heavy atom. The summed E-state index contributed by atoms with van der Waals surface area (Å²) in [6.45, 7) is 0. The van der Waals surface area contributed by atoms with Crippen molar-refractivity contribution in [3.63, 3.8) is 0 Å². The van der Waals surface area contributed by atoms with Gasteiger partial charge >= 0.3 is 0 Å². The van der Waals surface area contributed by atoms with Crippen molar-refractivity contribution in [1.29, 1.82) is 0 Å². The summed E-state index contributed by atoms with van der Waals surface area (Å²) in [4.78, 5) is 17.9. The lowest BCUT2D eigenvalue weighted by Gasteiger charge is -2.07. The Kier molecular flexibility index (Phi) is 4.34. The maximum absolute atomic E-state index is 13.0. The van der Waals surface area contributed by atoms with Crippen LogP contribution >= 0.6 is 11.3 Å². The lowest BCUT2D eigenvalue weighted by molar-refractivity contribution is 0.103. The van der Waals surface area contributed by atoms with Crippen LogP contribution in [0, 0.1) is 0 Å². The maximum Gasteiger partial charge on any atom is 0.266 e. The molecule has 5 aromatic rings. The molecule has 3 aromatic heterocycles. The Labute approximate surface area is 169 Å². The van der Waals surface area contributed by atoms with Crippen LogP contribution in [0.15, 0.2) is 82.7 Å². The molecule has 29 heavy (non-hydrogen) atoms. The fourth-order valence-electron chi connectivity index (χ4n) is 3.07. The van der Waals surface area contributed by atoms with Crippen LogP contribution in [0.3, 0.4) is 0 Å². The van der Waals surface area contributed by atoms with Gasteiger partial charge in [0.2, 0.25) is 11.8 Å². The number of nitrogens with one attached hydrogen (secondary N) is 1. The third-order valence-electron chi connectivity index (χ3n) is 4.43. The minimum atomic E-state index is -0.243. The minimum Gasteiger partial charge on any atom is -0.416 e. The van der Waals surface area contributed by atoms with Crippen molar-refractivity contribution in [3.05, 3.63) is 83.2 Å². The van der Waals surface area contributed by atoms with E-state index in [1.54, 1.807) is 6.20 Å². The molecule has 0 unspecified atom stereocenters. The number of nitrogens with zero attached hydrogens (tertiary/aromatic N) is 3. The molecule has 0 bridgehead atoms. The summed E-state index contributed by atoms with van der Waals surface area (Å²) in [6, 6.07) is 20.8. The van der Waals surface area contributed by atoms with Crippen molar-refractivity contribution in [2.75, 3.05) is 5.32 Å².